The molecule has 0 bridgehead atoms. The smallest absolute Gasteiger partial charge is 0.00671 e. The third-order valence-electron chi connectivity index (χ3n) is 3.31. The van der Waals surface area contributed by atoms with E-state index < -0.39 is 0 Å². The molecule has 0 spiro atoms. The number of hydrogen-bond donors (Lipinski definition) is 1. The van der Waals surface area contributed by atoms with E-state index in [0.29, 0.717) is 0 Å². The van der Waals surface area contributed by atoms with Crippen molar-refractivity contribution < 1.29 is 0 Å². The average Bonchev–Trinajstić information content (AvgIpc) is 2.77. The van der Waals surface area contributed by atoms with Crippen LogP contribution in [0.5, 0.6) is 0 Å². The highest BCUT2D eigenvalue weighted by molar-refractivity contribution is 4.88. The molecule has 0 amide bonds. The highest BCUT2D eigenvalue weighted by atomic mass is 14.9. The molecular formula is C10H19N. The molecule has 1 heteroatoms. The Hall–Kier alpha value is -0.0400. The molecule has 2 saturated carbocycles. The second-order valence-corrected chi connectivity index (χ2v) is 4.51. The van der Waals surface area contributed by atoms with Gasteiger partial charge in [-0.3, -0.25) is 0 Å². The van der Waals surface area contributed by atoms with E-state index in [-0.39, 0.29) is 0 Å². The minimum Gasteiger partial charge on any atom is -0.314 e. The van der Waals surface area contributed by atoms with Crippen LogP contribution in [0.3, 0.4) is 0 Å². The molecule has 3 unspecified atom stereocenters. The molecule has 0 aliphatic heterocycles. The first-order chi connectivity index (χ1) is 5.27. The maximum Gasteiger partial charge on any atom is 0.00671 e. The van der Waals surface area contributed by atoms with Crippen molar-refractivity contribution in [3.8, 4) is 0 Å². The summed E-state index contributed by atoms with van der Waals surface area (Å²) < 4.78 is 0. The highest BCUT2D eigenvalue weighted by Gasteiger charge is 2.34. The molecule has 0 saturated heterocycles. The molecule has 11 heavy (non-hydrogen) atoms. The van der Waals surface area contributed by atoms with Gasteiger partial charge >= 0.3 is 0 Å². The first-order valence-corrected chi connectivity index (χ1v) is 5.00. The molecule has 0 aromatic rings. The Labute approximate surface area is 69.6 Å². The van der Waals surface area contributed by atoms with E-state index in [0.717, 1.165) is 23.8 Å². The number of nitrogens with one attached hydrogen (secondary N) is 1. The fourth-order valence-electron chi connectivity index (χ4n) is 1.78. The van der Waals surface area contributed by atoms with Gasteiger partial charge in [0.1, 0.15) is 0 Å². The molecule has 0 aromatic carbocycles. The Balaban J connectivity index is 1.58. The van der Waals surface area contributed by atoms with Gasteiger partial charge in [0.2, 0.25) is 0 Å². The van der Waals surface area contributed by atoms with Gasteiger partial charge in [0.05, 0.1) is 0 Å². The third kappa shape index (κ3) is 1.96. The van der Waals surface area contributed by atoms with E-state index in [2.05, 4.69) is 19.2 Å². The van der Waals surface area contributed by atoms with Crippen molar-refractivity contribution in [2.75, 3.05) is 6.54 Å². The third-order valence-corrected chi connectivity index (χ3v) is 3.31. The predicted molar refractivity (Wildman–Crippen MR) is 47.5 cm³/mol. The van der Waals surface area contributed by atoms with Gasteiger partial charge in [-0.05, 0) is 50.5 Å². The molecule has 1 nitrogen and oxygen atoms in total. The summed E-state index contributed by atoms with van der Waals surface area (Å²) in [5, 5.41) is 3.64. The Morgan fingerprint density at radius 3 is 2.55 bits per heavy atom. The zero-order valence-electron chi connectivity index (χ0n) is 7.64. The Morgan fingerprint density at radius 1 is 1.45 bits per heavy atom. The fourth-order valence-corrected chi connectivity index (χ4v) is 1.78. The maximum absolute atomic E-state index is 3.64. The van der Waals surface area contributed by atoms with Crippen molar-refractivity contribution in [1.29, 1.82) is 0 Å². The monoisotopic (exact) mass is 153 g/mol. The zero-order valence-corrected chi connectivity index (χ0v) is 7.64. The van der Waals surface area contributed by atoms with Crippen LogP contribution >= 0.6 is 0 Å². The van der Waals surface area contributed by atoms with E-state index in [4.69, 9.17) is 0 Å². The molecule has 3 atom stereocenters. The van der Waals surface area contributed by atoms with Crippen LogP contribution in [0.2, 0.25) is 0 Å². The summed E-state index contributed by atoms with van der Waals surface area (Å²) in [5.41, 5.74) is 0. The summed E-state index contributed by atoms with van der Waals surface area (Å²) in [4.78, 5) is 0. The number of hydrogen-bond acceptors (Lipinski definition) is 1. The lowest BCUT2D eigenvalue weighted by atomic mass is 10.2. The molecule has 2 aliphatic rings. The van der Waals surface area contributed by atoms with Crippen LogP contribution in [-0.2, 0) is 0 Å². The van der Waals surface area contributed by atoms with Crippen LogP contribution in [0, 0.1) is 17.8 Å². The lowest BCUT2D eigenvalue weighted by Gasteiger charge is -2.11. The quantitative estimate of drug-likeness (QED) is 0.651. The molecule has 0 heterocycles. The largest absolute Gasteiger partial charge is 0.314 e. The van der Waals surface area contributed by atoms with E-state index >= 15 is 0 Å². The summed E-state index contributed by atoms with van der Waals surface area (Å²) in [6, 6.07) is 0.794. The van der Waals surface area contributed by atoms with Crippen LogP contribution in [-0.4, -0.2) is 12.6 Å². The first kappa shape index (κ1) is 7.60. The van der Waals surface area contributed by atoms with Crippen LogP contribution in [0.1, 0.15) is 33.1 Å². The van der Waals surface area contributed by atoms with Crippen LogP contribution in [0.4, 0.5) is 0 Å². The summed E-state index contributed by atoms with van der Waals surface area (Å²) in [6.45, 7) is 5.97. The molecule has 64 valence electrons. The van der Waals surface area contributed by atoms with Crippen molar-refractivity contribution in [1.82, 2.24) is 5.32 Å². The molecule has 2 aliphatic carbocycles. The Morgan fingerprint density at radius 2 is 2.09 bits per heavy atom. The van der Waals surface area contributed by atoms with Crippen molar-refractivity contribution in [2.45, 2.75) is 39.2 Å². The minimum atomic E-state index is 0.794. The van der Waals surface area contributed by atoms with Gasteiger partial charge in [-0.2, -0.15) is 0 Å². The SMILES string of the molecule is CC1CC1CNC(C)C1CC1. The van der Waals surface area contributed by atoms with Gasteiger partial charge in [-0.25, -0.2) is 0 Å². The van der Waals surface area contributed by atoms with Crippen LogP contribution in [0.25, 0.3) is 0 Å². The molecule has 2 fully saturated rings. The lowest BCUT2D eigenvalue weighted by Crippen LogP contribution is -2.29. The zero-order chi connectivity index (χ0) is 7.84. The molecule has 0 radical (unpaired) electrons. The van der Waals surface area contributed by atoms with Gasteiger partial charge in [-0.1, -0.05) is 6.92 Å². The van der Waals surface area contributed by atoms with Crippen molar-refractivity contribution in [2.24, 2.45) is 17.8 Å². The maximum atomic E-state index is 3.64. The molecule has 2 rings (SSSR count). The molecule has 0 aromatic heterocycles. The highest BCUT2D eigenvalue weighted by Crippen LogP contribution is 2.38. The topological polar surface area (TPSA) is 12.0 Å². The summed E-state index contributed by atoms with van der Waals surface area (Å²) in [5.74, 6) is 3.04. The van der Waals surface area contributed by atoms with Gasteiger partial charge in [0.25, 0.3) is 0 Å². The van der Waals surface area contributed by atoms with E-state index in [9.17, 15) is 0 Å². The Kier molecular flexibility index (Phi) is 1.92. The van der Waals surface area contributed by atoms with Crippen molar-refractivity contribution in [3.05, 3.63) is 0 Å². The van der Waals surface area contributed by atoms with Gasteiger partial charge in [0, 0.05) is 6.04 Å². The van der Waals surface area contributed by atoms with Crippen LogP contribution < -0.4 is 5.32 Å². The van der Waals surface area contributed by atoms with E-state index in [1.54, 1.807) is 0 Å². The van der Waals surface area contributed by atoms with E-state index in [1.807, 2.05) is 0 Å². The molecular weight excluding hydrogens is 134 g/mol. The standard InChI is InChI=1S/C10H19N/c1-7-5-10(7)6-11-8(2)9-3-4-9/h7-11H,3-6H2,1-2H3. The first-order valence-electron chi connectivity index (χ1n) is 5.00. The van der Waals surface area contributed by atoms with Crippen LogP contribution in [0.15, 0.2) is 0 Å². The summed E-state index contributed by atoms with van der Waals surface area (Å²) in [6.07, 6.45) is 4.40. The second-order valence-electron chi connectivity index (χ2n) is 4.51. The van der Waals surface area contributed by atoms with Gasteiger partial charge in [0.15, 0.2) is 0 Å². The normalized spacial score (nSPS) is 38.7. The summed E-state index contributed by atoms with van der Waals surface area (Å²) in [7, 11) is 0. The van der Waals surface area contributed by atoms with E-state index in [1.165, 1.54) is 25.8 Å². The van der Waals surface area contributed by atoms with Crippen molar-refractivity contribution in [3.63, 3.8) is 0 Å². The lowest BCUT2D eigenvalue weighted by molar-refractivity contribution is 0.476. The fraction of sp³-hybridized carbons (Fsp3) is 1.00. The Bertz CT molecular complexity index is 140. The average molecular weight is 153 g/mol. The molecule has 1 N–H and O–H groups in total. The van der Waals surface area contributed by atoms with Crippen molar-refractivity contribution >= 4 is 0 Å². The number of rotatable bonds is 4. The van der Waals surface area contributed by atoms with Gasteiger partial charge in [-0.15, -0.1) is 0 Å². The predicted octanol–water partition coefficient (Wildman–Crippen LogP) is 2.03. The minimum absolute atomic E-state index is 0.794. The second kappa shape index (κ2) is 2.78. The summed E-state index contributed by atoms with van der Waals surface area (Å²) >= 11 is 0. The van der Waals surface area contributed by atoms with Gasteiger partial charge < -0.3 is 5.32 Å².